The van der Waals surface area contributed by atoms with Crippen molar-refractivity contribution in [2.75, 3.05) is 13.1 Å². The van der Waals surface area contributed by atoms with E-state index < -0.39 is 6.09 Å². The van der Waals surface area contributed by atoms with Crippen LogP contribution in [0.3, 0.4) is 0 Å². The zero-order chi connectivity index (χ0) is 7.90. The van der Waals surface area contributed by atoms with E-state index in [0.717, 1.165) is 25.9 Å². The minimum Gasteiger partial charge on any atom is -0.446 e. The van der Waals surface area contributed by atoms with Gasteiger partial charge >= 0.3 is 6.09 Å². The molecule has 1 saturated heterocycles. The van der Waals surface area contributed by atoms with Crippen LogP contribution in [0.5, 0.6) is 0 Å². The molecule has 0 aromatic rings. The summed E-state index contributed by atoms with van der Waals surface area (Å²) in [7, 11) is 0. The molecule has 4 heteroatoms. The summed E-state index contributed by atoms with van der Waals surface area (Å²) in [6, 6.07) is 0. The summed E-state index contributed by atoms with van der Waals surface area (Å²) in [6.07, 6.45) is 1.43. The van der Waals surface area contributed by atoms with Crippen LogP contribution in [0, 0.1) is 5.41 Å². The highest BCUT2D eigenvalue weighted by Crippen LogP contribution is 2.45. The van der Waals surface area contributed by atoms with E-state index in [1.54, 1.807) is 0 Å². The van der Waals surface area contributed by atoms with Gasteiger partial charge in [-0.3, -0.25) is 0 Å². The SMILES string of the molecule is NC(=O)OC1CC2(CNC2)C1. The molecule has 3 N–H and O–H groups in total. The summed E-state index contributed by atoms with van der Waals surface area (Å²) < 4.78 is 4.83. The Morgan fingerprint density at radius 1 is 1.55 bits per heavy atom. The Labute approximate surface area is 65.1 Å². The van der Waals surface area contributed by atoms with Gasteiger partial charge < -0.3 is 15.8 Å². The van der Waals surface area contributed by atoms with Gasteiger partial charge in [-0.05, 0) is 12.8 Å². The first-order chi connectivity index (χ1) is 5.20. The minimum atomic E-state index is -0.642. The maximum Gasteiger partial charge on any atom is 0.404 e. The molecular formula is C7H12N2O2. The second-order valence-corrected chi connectivity index (χ2v) is 3.57. The van der Waals surface area contributed by atoms with Crippen molar-refractivity contribution in [2.24, 2.45) is 11.1 Å². The fourth-order valence-electron chi connectivity index (χ4n) is 1.92. The first kappa shape index (κ1) is 6.91. The van der Waals surface area contributed by atoms with Gasteiger partial charge in [-0.15, -0.1) is 0 Å². The van der Waals surface area contributed by atoms with Crippen LogP contribution >= 0.6 is 0 Å². The smallest absolute Gasteiger partial charge is 0.404 e. The maximum atomic E-state index is 10.3. The molecule has 2 aliphatic rings. The predicted octanol–water partition coefficient (Wildman–Crippen LogP) is -0.166. The number of carbonyl (C=O) groups is 1. The van der Waals surface area contributed by atoms with Gasteiger partial charge in [0.2, 0.25) is 0 Å². The molecule has 0 radical (unpaired) electrons. The van der Waals surface area contributed by atoms with E-state index in [1.165, 1.54) is 0 Å². The van der Waals surface area contributed by atoms with E-state index in [4.69, 9.17) is 10.5 Å². The summed E-state index contributed by atoms with van der Waals surface area (Å²) in [5.41, 5.74) is 5.33. The van der Waals surface area contributed by atoms with Gasteiger partial charge in [-0.1, -0.05) is 0 Å². The number of rotatable bonds is 1. The maximum absolute atomic E-state index is 10.3. The quantitative estimate of drug-likeness (QED) is 0.554. The van der Waals surface area contributed by atoms with Crippen molar-refractivity contribution in [3.8, 4) is 0 Å². The molecule has 11 heavy (non-hydrogen) atoms. The highest BCUT2D eigenvalue weighted by Gasteiger charge is 2.49. The molecule has 4 nitrogen and oxygen atoms in total. The van der Waals surface area contributed by atoms with Gasteiger partial charge in [-0.2, -0.15) is 0 Å². The molecule has 0 bridgehead atoms. The van der Waals surface area contributed by atoms with E-state index in [1.807, 2.05) is 0 Å². The van der Waals surface area contributed by atoms with Crippen LogP contribution in [0.2, 0.25) is 0 Å². The van der Waals surface area contributed by atoms with E-state index in [-0.39, 0.29) is 6.10 Å². The number of nitrogens with two attached hydrogens (primary N) is 1. The van der Waals surface area contributed by atoms with Crippen molar-refractivity contribution in [1.29, 1.82) is 0 Å². The Kier molecular flexibility index (Phi) is 1.32. The molecule has 0 atom stereocenters. The molecule has 0 aromatic heterocycles. The summed E-state index contributed by atoms with van der Waals surface area (Å²) >= 11 is 0. The fourth-order valence-corrected chi connectivity index (χ4v) is 1.92. The zero-order valence-corrected chi connectivity index (χ0v) is 6.30. The highest BCUT2D eigenvalue weighted by molar-refractivity contribution is 5.64. The molecule has 2 fully saturated rings. The Hall–Kier alpha value is -0.770. The number of ether oxygens (including phenoxy) is 1. The van der Waals surface area contributed by atoms with Crippen molar-refractivity contribution in [1.82, 2.24) is 5.32 Å². The van der Waals surface area contributed by atoms with Gasteiger partial charge in [0.1, 0.15) is 6.10 Å². The molecular weight excluding hydrogens is 144 g/mol. The molecule has 1 amide bonds. The summed E-state index contributed by atoms with van der Waals surface area (Å²) in [5, 5.41) is 3.21. The molecule has 1 saturated carbocycles. The standard InChI is InChI=1S/C7H12N2O2/c8-6(10)11-5-1-7(2-5)3-9-4-7/h5,9H,1-4H2,(H2,8,10). The van der Waals surface area contributed by atoms with Crippen molar-refractivity contribution in [2.45, 2.75) is 18.9 Å². The van der Waals surface area contributed by atoms with Crippen LogP contribution in [0.4, 0.5) is 4.79 Å². The molecule has 1 heterocycles. The third kappa shape index (κ3) is 1.07. The number of carbonyl (C=O) groups excluding carboxylic acids is 1. The summed E-state index contributed by atoms with van der Waals surface area (Å²) in [6.45, 7) is 2.15. The van der Waals surface area contributed by atoms with Gasteiger partial charge in [0.05, 0.1) is 0 Å². The summed E-state index contributed by atoms with van der Waals surface area (Å²) in [5.74, 6) is 0. The van der Waals surface area contributed by atoms with E-state index in [9.17, 15) is 4.79 Å². The van der Waals surface area contributed by atoms with Crippen molar-refractivity contribution < 1.29 is 9.53 Å². The molecule has 0 aromatic carbocycles. The Balaban J connectivity index is 1.75. The third-order valence-corrected chi connectivity index (χ3v) is 2.60. The fraction of sp³-hybridized carbons (Fsp3) is 0.857. The predicted molar refractivity (Wildman–Crippen MR) is 39.0 cm³/mol. The molecule has 2 rings (SSSR count). The lowest BCUT2D eigenvalue weighted by Gasteiger charge is -2.53. The Morgan fingerprint density at radius 2 is 2.18 bits per heavy atom. The first-order valence-corrected chi connectivity index (χ1v) is 3.87. The van der Waals surface area contributed by atoms with Crippen molar-refractivity contribution in [3.05, 3.63) is 0 Å². The Bertz CT molecular complexity index is 181. The third-order valence-electron chi connectivity index (χ3n) is 2.60. The van der Waals surface area contributed by atoms with Crippen LogP contribution in [-0.2, 0) is 4.74 Å². The van der Waals surface area contributed by atoms with Gasteiger partial charge in [0.25, 0.3) is 0 Å². The molecule has 1 spiro atoms. The van der Waals surface area contributed by atoms with Crippen LogP contribution in [0.15, 0.2) is 0 Å². The van der Waals surface area contributed by atoms with Gasteiger partial charge in [0, 0.05) is 18.5 Å². The second-order valence-electron chi connectivity index (χ2n) is 3.57. The number of hydrogen-bond donors (Lipinski definition) is 2. The van der Waals surface area contributed by atoms with E-state index in [2.05, 4.69) is 5.32 Å². The molecule has 0 unspecified atom stereocenters. The number of nitrogens with one attached hydrogen (secondary N) is 1. The average Bonchev–Trinajstić information content (AvgIpc) is 1.71. The van der Waals surface area contributed by atoms with E-state index in [0.29, 0.717) is 5.41 Å². The van der Waals surface area contributed by atoms with Gasteiger partial charge in [0.15, 0.2) is 0 Å². The molecule has 1 aliphatic heterocycles. The zero-order valence-electron chi connectivity index (χ0n) is 6.30. The topological polar surface area (TPSA) is 64.4 Å². The molecule has 1 aliphatic carbocycles. The molecule has 62 valence electrons. The average molecular weight is 156 g/mol. The number of primary amides is 1. The van der Waals surface area contributed by atoms with Crippen LogP contribution in [0.1, 0.15) is 12.8 Å². The van der Waals surface area contributed by atoms with Crippen LogP contribution in [0.25, 0.3) is 0 Å². The summed E-state index contributed by atoms with van der Waals surface area (Å²) in [4.78, 5) is 10.3. The second kappa shape index (κ2) is 2.11. The van der Waals surface area contributed by atoms with Crippen molar-refractivity contribution >= 4 is 6.09 Å². The largest absolute Gasteiger partial charge is 0.446 e. The number of hydrogen-bond acceptors (Lipinski definition) is 3. The first-order valence-electron chi connectivity index (χ1n) is 3.87. The monoisotopic (exact) mass is 156 g/mol. The normalized spacial score (nSPS) is 27.3. The van der Waals surface area contributed by atoms with Crippen LogP contribution < -0.4 is 11.1 Å². The van der Waals surface area contributed by atoms with E-state index >= 15 is 0 Å². The Morgan fingerprint density at radius 3 is 2.55 bits per heavy atom. The van der Waals surface area contributed by atoms with Crippen LogP contribution in [-0.4, -0.2) is 25.3 Å². The lowest BCUT2D eigenvalue weighted by Crippen LogP contribution is -2.62. The van der Waals surface area contributed by atoms with Crippen molar-refractivity contribution in [3.63, 3.8) is 0 Å². The minimum absolute atomic E-state index is 0.0922. The highest BCUT2D eigenvalue weighted by atomic mass is 16.6. The lowest BCUT2D eigenvalue weighted by atomic mass is 9.63. The lowest BCUT2D eigenvalue weighted by molar-refractivity contribution is -0.0676. The number of amides is 1. The van der Waals surface area contributed by atoms with Gasteiger partial charge in [-0.25, -0.2) is 4.79 Å².